The van der Waals surface area contributed by atoms with Crippen LogP contribution < -0.4 is 0 Å². The van der Waals surface area contributed by atoms with Crippen molar-refractivity contribution >= 4 is 21.8 Å². The number of hydrogen-bond acceptors (Lipinski definition) is 6. The third-order valence-electron chi connectivity index (χ3n) is 10.0. The van der Waals surface area contributed by atoms with Gasteiger partial charge in [0.05, 0.1) is 33.8 Å². The van der Waals surface area contributed by atoms with Gasteiger partial charge in [-0.05, 0) is 35.4 Å². The summed E-state index contributed by atoms with van der Waals surface area (Å²) < 4.78 is 0. The molecule has 6 aromatic carbocycles. The van der Waals surface area contributed by atoms with Crippen LogP contribution in [-0.2, 0) is 0 Å². The minimum Gasteiger partial charge on any atom is -0.256 e. The van der Waals surface area contributed by atoms with E-state index in [1.807, 2.05) is 85.2 Å². The van der Waals surface area contributed by atoms with E-state index in [2.05, 4.69) is 109 Å². The normalized spacial score (nSPS) is 11.2. The van der Waals surface area contributed by atoms with Crippen LogP contribution in [0.25, 0.3) is 101 Å². The van der Waals surface area contributed by atoms with Gasteiger partial charge in [0.1, 0.15) is 0 Å². The fourth-order valence-electron chi connectivity index (χ4n) is 7.19. The molecule has 0 spiro atoms. The van der Waals surface area contributed by atoms with Gasteiger partial charge in [-0.3, -0.25) is 9.97 Å². The first-order chi connectivity index (χ1) is 27.7. The lowest BCUT2D eigenvalue weighted by Crippen LogP contribution is -1.97. The molecule has 0 amide bonds. The second-order valence-corrected chi connectivity index (χ2v) is 13.6. The molecule has 10 aromatic rings. The van der Waals surface area contributed by atoms with Gasteiger partial charge in [0.25, 0.3) is 0 Å². The van der Waals surface area contributed by atoms with Gasteiger partial charge in [-0.1, -0.05) is 158 Å². The van der Waals surface area contributed by atoms with Crippen LogP contribution in [-0.4, -0.2) is 29.9 Å². The van der Waals surface area contributed by atoms with Gasteiger partial charge in [0.2, 0.25) is 0 Å². The quantitative estimate of drug-likeness (QED) is 0.163. The standard InChI is InChI=1S/C50H32N6/c1-3-11-39(12-4-1)49-53-43(31-45(55-49)41-19-7-15-37-17-9-29-51-47(37)41)35-25-21-33(22-26-35)34-23-27-36(28-24-34)44-32-46(56-50(54-44)40-13-5-2-6-14-40)42-20-8-16-38-18-10-30-52-48(38)42/h1-32H. The molecule has 0 radical (unpaired) electrons. The van der Waals surface area contributed by atoms with Crippen LogP contribution >= 0.6 is 0 Å². The Bertz CT molecular complexity index is 2780. The summed E-state index contributed by atoms with van der Waals surface area (Å²) in [6, 6.07) is 62.0. The average Bonchev–Trinajstić information content (AvgIpc) is 3.29. The van der Waals surface area contributed by atoms with Crippen LogP contribution in [0.15, 0.2) is 194 Å². The van der Waals surface area contributed by atoms with Crippen LogP contribution in [0.5, 0.6) is 0 Å². The minimum atomic E-state index is 0.672. The molecule has 0 N–H and O–H groups in total. The fraction of sp³-hybridized carbons (Fsp3) is 0. The predicted molar refractivity (Wildman–Crippen MR) is 226 cm³/mol. The van der Waals surface area contributed by atoms with Gasteiger partial charge in [0.15, 0.2) is 11.6 Å². The molecule has 0 saturated heterocycles. The summed E-state index contributed by atoms with van der Waals surface area (Å²) in [5.74, 6) is 1.34. The molecule has 0 unspecified atom stereocenters. The second kappa shape index (κ2) is 14.3. The molecule has 0 aliphatic rings. The van der Waals surface area contributed by atoms with E-state index in [-0.39, 0.29) is 0 Å². The summed E-state index contributed by atoms with van der Waals surface area (Å²) in [6.07, 6.45) is 3.66. The molecule has 0 aliphatic heterocycles. The lowest BCUT2D eigenvalue weighted by Gasteiger charge is -2.12. The highest BCUT2D eigenvalue weighted by Crippen LogP contribution is 2.34. The molecule has 6 heteroatoms. The Labute approximate surface area is 324 Å². The molecular formula is C50H32N6. The van der Waals surface area contributed by atoms with Crippen LogP contribution in [0.2, 0.25) is 0 Å². The minimum absolute atomic E-state index is 0.672. The fourth-order valence-corrected chi connectivity index (χ4v) is 7.19. The maximum atomic E-state index is 5.05. The first kappa shape index (κ1) is 32.9. The number of aromatic nitrogens is 6. The number of benzene rings is 6. The van der Waals surface area contributed by atoms with E-state index in [0.29, 0.717) is 11.6 Å². The summed E-state index contributed by atoms with van der Waals surface area (Å²) in [5, 5.41) is 2.14. The van der Waals surface area contributed by atoms with E-state index >= 15 is 0 Å². The zero-order valence-corrected chi connectivity index (χ0v) is 30.2. The number of fused-ring (bicyclic) bond motifs is 2. The lowest BCUT2D eigenvalue weighted by atomic mass is 9.99. The molecule has 262 valence electrons. The summed E-state index contributed by atoms with van der Waals surface area (Å²) in [5.41, 5.74) is 13.3. The van der Waals surface area contributed by atoms with Crippen LogP contribution in [0, 0.1) is 0 Å². The van der Waals surface area contributed by atoms with Crippen molar-refractivity contribution in [3.63, 3.8) is 0 Å². The molecule has 56 heavy (non-hydrogen) atoms. The molecule has 0 saturated carbocycles. The summed E-state index contributed by atoms with van der Waals surface area (Å²) in [7, 11) is 0. The molecule has 4 aromatic heterocycles. The van der Waals surface area contributed by atoms with Crippen molar-refractivity contribution in [2.75, 3.05) is 0 Å². The Morgan fingerprint density at radius 3 is 1.07 bits per heavy atom. The summed E-state index contributed by atoms with van der Waals surface area (Å²) >= 11 is 0. The predicted octanol–water partition coefficient (Wildman–Crippen LogP) is 12.0. The molecule has 0 fully saturated rings. The highest BCUT2D eigenvalue weighted by atomic mass is 14.9. The van der Waals surface area contributed by atoms with Crippen molar-refractivity contribution in [1.82, 2.24) is 29.9 Å². The maximum absolute atomic E-state index is 5.05. The lowest BCUT2D eigenvalue weighted by molar-refractivity contribution is 1.18. The van der Waals surface area contributed by atoms with Crippen molar-refractivity contribution in [2.24, 2.45) is 0 Å². The van der Waals surface area contributed by atoms with Crippen LogP contribution in [0.4, 0.5) is 0 Å². The van der Waals surface area contributed by atoms with Crippen molar-refractivity contribution < 1.29 is 0 Å². The molecule has 6 nitrogen and oxygen atoms in total. The molecule has 0 atom stereocenters. The van der Waals surface area contributed by atoms with Gasteiger partial charge in [-0.2, -0.15) is 0 Å². The van der Waals surface area contributed by atoms with Gasteiger partial charge >= 0.3 is 0 Å². The summed E-state index contributed by atoms with van der Waals surface area (Å²) in [6.45, 7) is 0. The smallest absolute Gasteiger partial charge is 0.160 e. The monoisotopic (exact) mass is 716 g/mol. The van der Waals surface area contributed by atoms with Crippen molar-refractivity contribution in [2.45, 2.75) is 0 Å². The number of rotatable bonds is 7. The molecule has 4 heterocycles. The van der Waals surface area contributed by atoms with E-state index in [1.54, 1.807) is 0 Å². The van der Waals surface area contributed by atoms with E-state index < -0.39 is 0 Å². The highest BCUT2D eigenvalue weighted by Gasteiger charge is 2.15. The first-order valence-corrected chi connectivity index (χ1v) is 18.5. The first-order valence-electron chi connectivity index (χ1n) is 18.5. The second-order valence-electron chi connectivity index (χ2n) is 13.6. The molecular weight excluding hydrogens is 685 g/mol. The number of nitrogens with zero attached hydrogens (tertiary/aromatic N) is 6. The van der Waals surface area contributed by atoms with Crippen molar-refractivity contribution in [1.29, 1.82) is 0 Å². The third kappa shape index (κ3) is 6.35. The Hall–Kier alpha value is -7.70. The average molecular weight is 717 g/mol. The van der Waals surface area contributed by atoms with Gasteiger partial charge < -0.3 is 0 Å². The van der Waals surface area contributed by atoms with Gasteiger partial charge in [-0.15, -0.1) is 0 Å². The molecule has 0 aliphatic carbocycles. The zero-order valence-electron chi connectivity index (χ0n) is 30.2. The summed E-state index contributed by atoms with van der Waals surface area (Å²) in [4.78, 5) is 29.6. The topological polar surface area (TPSA) is 77.3 Å². The molecule has 0 bridgehead atoms. The SMILES string of the molecule is c1ccc(-c2nc(-c3ccc(-c4ccc(-c5cc(-c6cccc7cccnc67)nc(-c6ccccc6)n5)cc4)cc3)cc(-c3cccc4cccnc34)n2)cc1. The van der Waals surface area contributed by atoms with Gasteiger partial charge in [-0.25, -0.2) is 19.9 Å². The van der Waals surface area contributed by atoms with Crippen LogP contribution in [0.3, 0.4) is 0 Å². The van der Waals surface area contributed by atoms with E-state index in [4.69, 9.17) is 29.9 Å². The molecule has 10 rings (SSSR count). The van der Waals surface area contributed by atoms with Gasteiger partial charge in [0, 0.05) is 56.5 Å². The third-order valence-corrected chi connectivity index (χ3v) is 10.0. The van der Waals surface area contributed by atoms with Crippen LogP contribution in [0.1, 0.15) is 0 Å². The number of para-hydroxylation sites is 2. The largest absolute Gasteiger partial charge is 0.256 e. The Balaban J connectivity index is 1.000. The maximum Gasteiger partial charge on any atom is 0.160 e. The van der Waals surface area contributed by atoms with E-state index in [9.17, 15) is 0 Å². The Kier molecular flexibility index (Phi) is 8.39. The van der Waals surface area contributed by atoms with E-state index in [1.165, 1.54) is 0 Å². The van der Waals surface area contributed by atoms with Crippen molar-refractivity contribution in [3.8, 4) is 78.9 Å². The van der Waals surface area contributed by atoms with Crippen molar-refractivity contribution in [3.05, 3.63) is 194 Å². The zero-order chi connectivity index (χ0) is 37.3. The number of hydrogen-bond donors (Lipinski definition) is 0. The Morgan fingerprint density at radius 2 is 0.643 bits per heavy atom. The highest BCUT2D eigenvalue weighted by molar-refractivity contribution is 5.94. The Morgan fingerprint density at radius 1 is 0.268 bits per heavy atom. The van der Waals surface area contributed by atoms with E-state index in [0.717, 1.165) is 89.1 Å². The number of pyridine rings is 2.